The zero-order valence-corrected chi connectivity index (χ0v) is 16.4. The molecule has 5 nitrogen and oxygen atoms in total. The molecule has 134 valence electrons. The summed E-state index contributed by atoms with van der Waals surface area (Å²) in [5.74, 6) is 1.32. The van der Waals surface area contributed by atoms with Gasteiger partial charge in [-0.2, -0.15) is 14.9 Å². The summed E-state index contributed by atoms with van der Waals surface area (Å²) in [6, 6.07) is 12.9. The van der Waals surface area contributed by atoms with Crippen molar-refractivity contribution >= 4 is 41.6 Å². The number of aromatic amines is 1. The van der Waals surface area contributed by atoms with Crippen LogP contribution in [0.25, 0.3) is 11.4 Å². The molecule has 0 amide bonds. The highest BCUT2D eigenvalue weighted by Crippen LogP contribution is 2.25. The Labute approximate surface area is 166 Å². The molecule has 1 heterocycles. The van der Waals surface area contributed by atoms with Crippen molar-refractivity contribution in [2.75, 3.05) is 0 Å². The highest BCUT2D eigenvalue weighted by atomic mass is 35.5. The summed E-state index contributed by atoms with van der Waals surface area (Å²) in [4.78, 5) is 0. The van der Waals surface area contributed by atoms with E-state index in [4.69, 9.17) is 40.2 Å². The fraction of sp³-hybridized carbons (Fsp3) is 0.167. The lowest BCUT2D eigenvalue weighted by molar-refractivity contribution is 0.242. The first-order valence-corrected chi connectivity index (χ1v) is 9.05. The second-order valence-electron chi connectivity index (χ2n) is 5.75. The van der Waals surface area contributed by atoms with Crippen molar-refractivity contribution in [2.24, 2.45) is 5.10 Å². The highest BCUT2D eigenvalue weighted by Gasteiger charge is 2.10. The van der Waals surface area contributed by atoms with Gasteiger partial charge < -0.3 is 4.74 Å². The minimum Gasteiger partial charge on any atom is -0.491 e. The van der Waals surface area contributed by atoms with Crippen LogP contribution in [0.5, 0.6) is 5.75 Å². The first-order chi connectivity index (χ1) is 12.5. The van der Waals surface area contributed by atoms with Gasteiger partial charge in [0, 0.05) is 11.1 Å². The van der Waals surface area contributed by atoms with Gasteiger partial charge in [-0.15, -0.1) is 0 Å². The number of nitrogens with one attached hydrogen (secondary N) is 1. The molecule has 0 spiro atoms. The van der Waals surface area contributed by atoms with Gasteiger partial charge in [0.2, 0.25) is 4.77 Å². The summed E-state index contributed by atoms with van der Waals surface area (Å²) in [6.45, 7) is 3.95. The van der Waals surface area contributed by atoms with E-state index in [0.29, 0.717) is 26.2 Å². The second-order valence-corrected chi connectivity index (χ2v) is 6.92. The molecule has 0 aliphatic rings. The molecular weight excluding hydrogens is 391 g/mol. The van der Waals surface area contributed by atoms with Gasteiger partial charge in [0.05, 0.1) is 22.4 Å². The molecule has 0 aliphatic carbocycles. The molecule has 0 atom stereocenters. The average Bonchev–Trinajstić information content (AvgIpc) is 2.97. The number of hydrogen-bond donors (Lipinski definition) is 1. The molecule has 0 radical (unpaired) electrons. The number of aromatic nitrogens is 3. The van der Waals surface area contributed by atoms with E-state index in [-0.39, 0.29) is 6.10 Å². The summed E-state index contributed by atoms with van der Waals surface area (Å²) < 4.78 is 7.63. The standard InChI is InChI=1S/C18H16Cl2N4OS/c1-11(2)25-14-7-3-5-12(9-14)17-22-23-18(26)24(17)21-10-13-6-4-8-15(19)16(13)20/h3-11H,1-2H3,(H,23,26)/b21-10-. The fourth-order valence-corrected chi connectivity index (χ4v) is 2.84. The minimum absolute atomic E-state index is 0.0778. The Morgan fingerprint density at radius 1 is 1.23 bits per heavy atom. The van der Waals surface area contributed by atoms with Gasteiger partial charge in [0.15, 0.2) is 5.82 Å². The highest BCUT2D eigenvalue weighted by molar-refractivity contribution is 7.71. The van der Waals surface area contributed by atoms with E-state index in [0.717, 1.165) is 11.3 Å². The van der Waals surface area contributed by atoms with Crippen molar-refractivity contribution < 1.29 is 4.74 Å². The monoisotopic (exact) mass is 406 g/mol. The summed E-state index contributed by atoms with van der Waals surface area (Å²) in [5.41, 5.74) is 1.51. The Morgan fingerprint density at radius 3 is 2.77 bits per heavy atom. The number of rotatable bonds is 5. The van der Waals surface area contributed by atoms with Crippen LogP contribution in [0.15, 0.2) is 47.6 Å². The van der Waals surface area contributed by atoms with Crippen molar-refractivity contribution in [2.45, 2.75) is 20.0 Å². The predicted molar refractivity (Wildman–Crippen MR) is 108 cm³/mol. The Kier molecular flexibility index (Phi) is 5.76. The third kappa shape index (κ3) is 4.15. The molecule has 0 bridgehead atoms. The number of benzene rings is 2. The van der Waals surface area contributed by atoms with Crippen LogP contribution in [0, 0.1) is 4.77 Å². The molecule has 1 N–H and O–H groups in total. The van der Waals surface area contributed by atoms with Crippen molar-refractivity contribution in [3.8, 4) is 17.1 Å². The van der Waals surface area contributed by atoms with Crippen LogP contribution in [0.1, 0.15) is 19.4 Å². The van der Waals surface area contributed by atoms with Gasteiger partial charge in [-0.1, -0.05) is 47.5 Å². The number of nitrogens with zero attached hydrogens (tertiary/aromatic N) is 3. The van der Waals surface area contributed by atoms with E-state index in [9.17, 15) is 0 Å². The van der Waals surface area contributed by atoms with Crippen LogP contribution in [-0.4, -0.2) is 27.2 Å². The lowest BCUT2D eigenvalue weighted by atomic mass is 10.2. The first kappa shape index (κ1) is 18.6. The van der Waals surface area contributed by atoms with E-state index in [1.54, 1.807) is 18.3 Å². The second kappa shape index (κ2) is 8.03. The Hall–Kier alpha value is -2.15. The SMILES string of the molecule is CC(C)Oc1cccc(-c2n[nH]c(=S)n2/N=C\c2cccc(Cl)c2Cl)c1. The normalized spacial score (nSPS) is 11.4. The molecule has 8 heteroatoms. The largest absolute Gasteiger partial charge is 0.491 e. The summed E-state index contributed by atoms with van der Waals surface area (Å²) >= 11 is 17.5. The van der Waals surface area contributed by atoms with Crippen LogP contribution >= 0.6 is 35.4 Å². The van der Waals surface area contributed by atoms with Crippen LogP contribution in [0.3, 0.4) is 0 Å². The lowest BCUT2D eigenvalue weighted by Gasteiger charge is -2.10. The number of H-pyrrole nitrogens is 1. The zero-order chi connectivity index (χ0) is 18.7. The van der Waals surface area contributed by atoms with Crippen LogP contribution in [0.2, 0.25) is 10.0 Å². The van der Waals surface area contributed by atoms with Crippen molar-refractivity contribution in [3.63, 3.8) is 0 Å². The molecule has 0 aliphatic heterocycles. The number of hydrogen-bond acceptors (Lipinski definition) is 4. The van der Waals surface area contributed by atoms with Crippen LogP contribution in [0.4, 0.5) is 0 Å². The molecule has 2 aromatic carbocycles. The smallest absolute Gasteiger partial charge is 0.216 e. The third-order valence-corrected chi connectivity index (χ3v) is 4.51. The molecule has 3 aromatic rings. The molecule has 0 unspecified atom stereocenters. The van der Waals surface area contributed by atoms with Gasteiger partial charge >= 0.3 is 0 Å². The molecule has 0 fully saturated rings. The first-order valence-electron chi connectivity index (χ1n) is 7.88. The summed E-state index contributed by atoms with van der Waals surface area (Å²) in [6.07, 6.45) is 1.67. The Balaban J connectivity index is 1.99. The van der Waals surface area contributed by atoms with E-state index in [2.05, 4.69) is 15.3 Å². The van der Waals surface area contributed by atoms with E-state index < -0.39 is 0 Å². The van der Waals surface area contributed by atoms with Gasteiger partial charge in [-0.05, 0) is 44.3 Å². The van der Waals surface area contributed by atoms with E-state index in [1.165, 1.54) is 4.68 Å². The Morgan fingerprint density at radius 2 is 2.00 bits per heavy atom. The average molecular weight is 407 g/mol. The number of halogens is 2. The third-order valence-electron chi connectivity index (χ3n) is 3.41. The summed E-state index contributed by atoms with van der Waals surface area (Å²) in [7, 11) is 0. The van der Waals surface area contributed by atoms with Gasteiger partial charge in [0.1, 0.15) is 5.75 Å². The van der Waals surface area contributed by atoms with Gasteiger partial charge in [-0.25, -0.2) is 5.10 Å². The van der Waals surface area contributed by atoms with Crippen LogP contribution in [-0.2, 0) is 0 Å². The molecule has 26 heavy (non-hydrogen) atoms. The fourth-order valence-electron chi connectivity index (χ4n) is 2.31. The lowest BCUT2D eigenvalue weighted by Crippen LogP contribution is -2.05. The topological polar surface area (TPSA) is 55.2 Å². The van der Waals surface area contributed by atoms with Gasteiger partial charge in [-0.3, -0.25) is 0 Å². The van der Waals surface area contributed by atoms with Crippen LogP contribution < -0.4 is 4.74 Å². The Bertz CT molecular complexity index is 1010. The maximum absolute atomic E-state index is 6.20. The molecule has 1 aromatic heterocycles. The number of ether oxygens (including phenoxy) is 1. The quantitative estimate of drug-likeness (QED) is 0.444. The van der Waals surface area contributed by atoms with E-state index in [1.807, 2.05) is 44.2 Å². The zero-order valence-electron chi connectivity index (χ0n) is 14.1. The molecule has 3 rings (SSSR count). The van der Waals surface area contributed by atoms with Gasteiger partial charge in [0.25, 0.3) is 0 Å². The van der Waals surface area contributed by atoms with Crippen molar-refractivity contribution in [1.82, 2.24) is 14.9 Å². The maximum Gasteiger partial charge on any atom is 0.216 e. The molecule has 0 saturated heterocycles. The van der Waals surface area contributed by atoms with E-state index >= 15 is 0 Å². The molecular formula is C18H16Cl2N4OS. The molecule has 0 saturated carbocycles. The van der Waals surface area contributed by atoms with Crippen molar-refractivity contribution in [3.05, 3.63) is 62.8 Å². The predicted octanol–water partition coefficient (Wildman–Crippen LogP) is 5.58. The summed E-state index contributed by atoms with van der Waals surface area (Å²) in [5, 5.41) is 12.3. The maximum atomic E-state index is 6.20. The van der Waals surface area contributed by atoms with Crippen molar-refractivity contribution in [1.29, 1.82) is 0 Å². The minimum atomic E-state index is 0.0778.